The molecule has 0 aliphatic rings. The van der Waals surface area contributed by atoms with E-state index < -0.39 is 0 Å². The van der Waals surface area contributed by atoms with Crippen molar-refractivity contribution in [3.8, 4) is 0 Å². The van der Waals surface area contributed by atoms with Gasteiger partial charge in [-0.3, -0.25) is 10.2 Å². The number of aromatic nitrogens is 2. The molecule has 0 saturated carbocycles. The maximum atomic E-state index is 10.9. The highest BCUT2D eigenvalue weighted by Gasteiger charge is 2.10. The summed E-state index contributed by atoms with van der Waals surface area (Å²) in [5.74, 6) is 4.80. The van der Waals surface area contributed by atoms with Crippen LogP contribution in [0.3, 0.4) is 0 Å². The summed E-state index contributed by atoms with van der Waals surface area (Å²) in [6.45, 7) is 1.95. The number of hydrogen-bond acceptors (Lipinski definition) is 6. The molecule has 0 saturated heterocycles. The molecule has 5 nitrogen and oxygen atoms in total. The predicted octanol–water partition coefficient (Wildman–Crippen LogP) is 0.399. The summed E-state index contributed by atoms with van der Waals surface area (Å²) in [5, 5.41) is 0.163. The highest BCUT2D eigenvalue weighted by Crippen LogP contribution is 2.25. The first-order valence-electron chi connectivity index (χ1n) is 3.65. The van der Waals surface area contributed by atoms with Crippen molar-refractivity contribution in [2.24, 2.45) is 5.84 Å². The van der Waals surface area contributed by atoms with Crippen molar-refractivity contribution in [3.63, 3.8) is 0 Å². The minimum Gasteiger partial charge on any atom is -0.294 e. The van der Waals surface area contributed by atoms with Gasteiger partial charge in [-0.2, -0.15) is 4.37 Å². The van der Waals surface area contributed by atoms with Crippen LogP contribution in [0.5, 0.6) is 0 Å². The van der Waals surface area contributed by atoms with Gasteiger partial charge in [-0.15, -0.1) is 0 Å². The Bertz CT molecular complexity index is 264. The van der Waals surface area contributed by atoms with Gasteiger partial charge in [0.15, 0.2) is 4.34 Å². The van der Waals surface area contributed by atoms with E-state index in [1.54, 1.807) is 0 Å². The maximum Gasteiger partial charge on any atom is 0.234 e. The minimum absolute atomic E-state index is 0.162. The number of carbonyl (C=O) groups is 1. The van der Waals surface area contributed by atoms with Crippen LogP contribution in [-0.2, 0) is 4.79 Å². The van der Waals surface area contributed by atoms with Crippen LogP contribution in [0, 0.1) is 0 Å². The molecule has 1 rings (SSSR count). The molecule has 1 atom stereocenters. The summed E-state index contributed by atoms with van der Waals surface area (Å²) in [6.07, 6.45) is 1.89. The molecule has 0 spiro atoms. The number of amides is 1. The third-order valence-electron chi connectivity index (χ3n) is 1.28. The molecule has 1 heterocycles. The zero-order valence-corrected chi connectivity index (χ0v) is 8.69. The number of nitrogens with one attached hydrogen (secondary N) is 1. The van der Waals surface area contributed by atoms with Crippen molar-refractivity contribution in [2.45, 2.75) is 22.9 Å². The van der Waals surface area contributed by atoms with Gasteiger partial charge < -0.3 is 0 Å². The summed E-state index contributed by atoms with van der Waals surface area (Å²) < 4.78 is 4.73. The third kappa shape index (κ3) is 3.71. The highest BCUT2D eigenvalue weighted by molar-refractivity contribution is 8.01. The van der Waals surface area contributed by atoms with Crippen LogP contribution in [-0.4, -0.2) is 20.5 Å². The average molecular weight is 218 g/mol. The Kier molecular flexibility index (Phi) is 4.13. The van der Waals surface area contributed by atoms with Gasteiger partial charge in [-0.25, -0.2) is 10.8 Å². The van der Waals surface area contributed by atoms with Crippen molar-refractivity contribution in [3.05, 3.63) is 6.33 Å². The summed E-state index contributed by atoms with van der Waals surface area (Å²) >= 11 is 2.85. The van der Waals surface area contributed by atoms with E-state index >= 15 is 0 Å². The van der Waals surface area contributed by atoms with Gasteiger partial charge in [0.25, 0.3) is 0 Å². The van der Waals surface area contributed by atoms with E-state index in [4.69, 9.17) is 5.84 Å². The average Bonchev–Trinajstić information content (AvgIpc) is 2.56. The summed E-state index contributed by atoms with van der Waals surface area (Å²) in [5.41, 5.74) is 2.09. The molecule has 1 aromatic rings. The lowest BCUT2D eigenvalue weighted by Crippen LogP contribution is -2.31. The molecular formula is C6H10N4OS2. The van der Waals surface area contributed by atoms with Crippen molar-refractivity contribution < 1.29 is 4.79 Å². The number of hydrogen-bond donors (Lipinski definition) is 2. The fourth-order valence-corrected chi connectivity index (χ4v) is 2.51. The Morgan fingerprint density at radius 1 is 1.92 bits per heavy atom. The molecule has 7 heteroatoms. The first-order chi connectivity index (χ1) is 6.22. The van der Waals surface area contributed by atoms with Crippen LogP contribution >= 0.6 is 23.3 Å². The Morgan fingerprint density at radius 2 is 2.69 bits per heavy atom. The quantitative estimate of drug-likeness (QED) is 0.331. The van der Waals surface area contributed by atoms with Gasteiger partial charge in [0, 0.05) is 11.7 Å². The van der Waals surface area contributed by atoms with Crippen LogP contribution in [0.4, 0.5) is 0 Å². The van der Waals surface area contributed by atoms with E-state index in [0.29, 0.717) is 6.42 Å². The predicted molar refractivity (Wildman–Crippen MR) is 52.2 cm³/mol. The molecule has 13 heavy (non-hydrogen) atoms. The molecule has 0 radical (unpaired) electrons. The lowest BCUT2D eigenvalue weighted by atomic mass is 10.3. The topological polar surface area (TPSA) is 80.9 Å². The van der Waals surface area contributed by atoms with Crippen molar-refractivity contribution in [2.75, 3.05) is 0 Å². The van der Waals surface area contributed by atoms with Gasteiger partial charge >= 0.3 is 0 Å². The number of nitrogens with zero attached hydrogens (tertiary/aromatic N) is 2. The van der Waals surface area contributed by atoms with E-state index in [0.717, 1.165) is 4.34 Å². The SMILES string of the molecule is CC(CC(=O)NN)Sc1ncns1. The van der Waals surface area contributed by atoms with Crippen LogP contribution in [0.25, 0.3) is 0 Å². The molecular weight excluding hydrogens is 208 g/mol. The molecule has 0 fully saturated rings. The van der Waals surface area contributed by atoms with Crippen molar-refractivity contribution >= 4 is 29.2 Å². The molecule has 72 valence electrons. The third-order valence-corrected chi connectivity index (χ3v) is 3.13. The second kappa shape index (κ2) is 5.15. The van der Waals surface area contributed by atoms with Gasteiger partial charge in [-0.05, 0) is 11.5 Å². The van der Waals surface area contributed by atoms with Gasteiger partial charge in [-0.1, -0.05) is 18.7 Å². The summed E-state index contributed by atoms with van der Waals surface area (Å²) in [6, 6.07) is 0. The van der Waals surface area contributed by atoms with E-state index in [9.17, 15) is 4.79 Å². The second-order valence-corrected chi connectivity index (χ2v) is 4.87. The molecule has 0 aliphatic heterocycles. The van der Waals surface area contributed by atoms with Crippen LogP contribution in [0.2, 0.25) is 0 Å². The standard InChI is InChI=1S/C6H10N4OS2/c1-4(2-5(11)10-7)12-6-8-3-9-13-6/h3-4H,2,7H2,1H3,(H,10,11). The van der Waals surface area contributed by atoms with Crippen LogP contribution in [0.15, 0.2) is 10.7 Å². The Labute approximate surface area is 84.3 Å². The molecule has 0 aromatic carbocycles. The Hall–Kier alpha value is -0.660. The lowest BCUT2D eigenvalue weighted by molar-refractivity contribution is -0.121. The first kappa shape index (κ1) is 10.4. The second-order valence-electron chi connectivity index (χ2n) is 2.41. The van der Waals surface area contributed by atoms with Gasteiger partial charge in [0.1, 0.15) is 6.33 Å². The largest absolute Gasteiger partial charge is 0.294 e. The molecule has 1 amide bonds. The molecule has 3 N–H and O–H groups in total. The first-order valence-corrected chi connectivity index (χ1v) is 5.30. The molecule has 0 bridgehead atoms. The molecule has 1 aromatic heterocycles. The maximum absolute atomic E-state index is 10.9. The summed E-state index contributed by atoms with van der Waals surface area (Å²) in [7, 11) is 0. The van der Waals surface area contributed by atoms with Crippen molar-refractivity contribution in [1.82, 2.24) is 14.8 Å². The zero-order valence-electron chi connectivity index (χ0n) is 7.06. The number of carbonyl (C=O) groups excluding carboxylic acids is 1. The van der Waals surface area contributed by atoms with E-state index in [2.05, 4.69) is 14.8 Å². The fourth-order valence-electron chi connectivity index (χ4n) is 0.749. The highest BCUT2D eigenvalue weighted by atomic mass is 32.2. The number of thioether (sulfide) groups is 1. The number of nitrogens with two attached hydrogens (primary N) is 1. The molecule has 1 unspecified atom stereocenters. The van der Waals surface area contributed by atoms with Gasteiger partial charge in [0.2, 0.25) is 5.91 Å². The van der Waals surface area contributed by atoms with Crippen molar-refractivity contribution in [1.29, 1.82) is 0 Å². The summed E-state index contributed by atoms with van der Waals surface area (Å²) in [4.78, 5) is 14.9. The van der Waals surface area contributed by atoms with Crippen LogP contribution in [0.1, 0.15) is 13.3 Å². The monoisotopic (exact) mass is 218 g/mol. The Balaban J connectivity index is 2.33. The number of rotatable bonds is 4. The van der Waals surface area contributed by atoms with E-state index in [1.807, 2.05) is 6.92 Å². The smallest absolute Gasteiger partial charge is 0.234 e. The Morgan fingerprint density at radius 3 is 3.23 bits per heavy atom. The lowest BCUT2D eigenvalue weighted by Gasteiger charge is -2.06. The minimum atomic E-state index is -0.162. The fraction of sp³-hybridized carbons (Fsp3) is 0.500. The normalized spacial score (nSPS) is 12.5. The van der Waals surface area contributed by atoms with Gasteiger partial charge in [0.05, 0.1) is 0 Å². The van der Waals surface area contributed by atoms with Crippen LogP contribution < -0.4 is 11.3 Å². The zero-order chi connectivity index (χ0) is 9.68. The molecule has 0 aliphatic carbocycles. The van der Waals surface area contributed by atoms with E-state index in [-0.39, 0.29) is 11.2 Å². The van der Waals surface area contributed by atoms with E-state index in [1.165, 1.54) is 29.6 Å². The number of hydrazine groups is 1.